The average Bonchev–Trinajstić information content (AvgIpc) is 2.60. The van der Waals surface area contributed by atoms with Crippen LogP contribution in [0.15, 0.2) is 0 Å². The number of hydrogen-bond donors (Lipinski definition) is 3. The first-order chi connectivity index (χ1) is 7.49. The lowest BCUT2D eigenvalue weighted by atomic mass is 10.1. The number of carbonyl (C=O) groups excluding carboxylic acids is 1. The van der Waals surface area contributed by atoms with Crippen LogP contribution in [0.3, 0.4) is 0 Å². The van der Waals surface area contributed by atoms with E-state index in [2.05, 4.69) is 5.32 Å². The SMILES string of the molecule is CC(CNC(=O)C1CCC(N)C1)CC(=O)O. The van der Waals surface area contributed by atoms with Gasteiger partial charge in [-0.2, -0.15) is 0 Å². The summed E-state index contributed by atoms with van der Waals surface area (Å²) in [5, 5.41) is 11.4. The minimum absolute atomic E-state index is 0.0187. The number of amides is 1. The summed E-state index contributed by atoms with van der Waals surface area (Å²) in [4.78, 5) is 22.1. The van der Waals surface area contributed by atoms with Crippen molar-refractivity contribution < 1.29 is 14.7 Å². The van der Waals surface area contributed by atoms with Gasteiger partial charge in [0.1, 0.15) is 0 Å². The second kappa shape index (κ2) is 5.84. The summed E-state index contributed by atoms with van der Waals surface area (Å²) in [5.41, 5.74) is 5.73. The Morgan fingerprint density at radius 1 is 1.50 bits per heavy atom. The highest BCUT2D eigenvalue weighted by molar-refractivity contribution is 5.79. The molecule has 0 aromatic carbocycles. The zero-order valence-electron chi connectivity index (χ0n) is 9.61. The molecule has 16 heavy (non-hydrogen) atoms. The zero-order chi connectivity index (χ0) is 12.1. The van der Waals surface area contributed by atoms with E-state index in [1.807, 2.05) is 6.92 Å². The third-order valence-electron chi connectivity index (χ3n) is 2.99. The van der Waals surface area contributed by atoms with Gasteiger partial charge >= 0.3 is 5.97 Å². The third-order valence-corrected chi connectivity index (χ3v) is 2.99. The quantitative estimate of drug-likeness (QED) is 0.632. The van der Waals surface area contributed by atoms with E-state index in [9.17, 15) is 9.59 Å². The van der Waals surface area contributed by atoms with E-state index in [0.29, 0.717) is 6.54 Å². The predicted molar refractivity (Wildman–Crippen MR) is 59.7 cm³/mol. The maximum atomic E-state index is 11.7. The summed E-state index contributed by atoms with van der Waals surface area (Å²) in [6.07, 6.45) is 2.59. The molecule has 5 nitrogen and oxygen atoms in total. The molecular formula is C11H20N2O3. The van der Waals surface area contributed by atoms with Crippen LogP contribution >= 0.6 is 0 Å². The van der Waals surface area contributed by atoms with Crippen molar-refractivity contribution in [1.82, 2.24) is 5.32 Å². The molecule has 1 rings (SSSR count). The maximum Gasteiger partial charge on any atom is 0.303 e. The lowest BCUT2D eigenvalue weighted by Gasteiger charge is -2.13. The number of nitrogens with two attached hydrogens (primary N) is 1. The largest absolute Gasteiger partial charge is 0.481 e. The van der Waals surface area contributed by atoms with Gasteiger partial charge in [0.15, 0.2) is 0 Å². The number of rotatable bonds is 5. The molecule has 3 atom stereocenters. The van der Waals surface area contributed by atoms with E-state index in [4.69, 9.17) is 10.8 Å². The monoisotopic (exact) mass is 228 g/mol. The molecule has 1 fully saturated rings. The van der Waals surface area contributed by atoms with Crippen LogP contribution in [0.2, 0.25) is 0 Å². The number of nitrogens with one attached hydrogen (secondary N) is 1. The third kappa shape index (κ3) is 4.18. The molecule has 1 saturated carbocycles. The number of carboxylic acid groups (broad SMARTS) is 1. The first kappa shape index (κ1) is 13.0. The van der Waals surface area contributed by atoms with Crippen LogP contribution in [0.5, 0.6) is 0 Å². The Morgan fingerprint density at radius 2 is 2.19 bits per heavy atom. The van der Waals surface area contributed by atoms with Crippen molar-refractivity contribution in [2.75, 3.05) is 6.54 Å². The van der Waals surface area contributed by atoms with Crippen molar-refractivity contribution >= 4 is 11.9 Å². The van der Waals surface area contributed by atoms with Crippen LogP contribution in [0, 0.1) is 11.8 Å². The Morgan fingerprint density at radius 3 is 2.69 bits per heavy atom. The van der Waals surface area contributed by atoms with E-state index in [0.717, 1.165) is 19.3 Å². The van der Waals surface area contributed by atoms with Gasteiger partial charge in [-0.05, 0) is 25.2 Å². The first-order valence-electron chi connectivity index (χ1n) is 5.74. The number of hydrogen-bond acceptors (Lipinski definition) is 3. The van der Waals surface area contributed by atoms with Gasteiger partial charge in [-0.3, -0.25) is 9.59 Å². The van der Waals surface area contributed by atoms with E-state index in [1.165, 1.54) is 0 Å². The van der Waals surface area contributed by atoms with E-state index < -0.39 is 5.97 Å². The normalized spacial score (nSPS) is 26.4. The molecule has 3 unspecified atom stereocenters. The van der Waals surface area contributed by atoms with Gasteiger partial charge in [-0.1, -0.05) is 6.92 Å². The fourth-order valence-corrected chi connectivity index (χ4v) is 2.04. The number of carboxylic acids is 1. The smallest absolute Gasteiger partial charge is 0.303 e. The summed E-state index contributed by atoms with van der Waals surface area (Å²) in [5.74, 6) is -0.821. The van der Waals surface area contributed by atoms with Crippen LogP contribution < -0.4 is 11.1 Å². The van der Waals surface area contributed by atoms with Crippen LogP contribution in [0.4, 0.5) is 0 Å². The minimum Gasteiger partial charge on any atom is -0.481 e. The van der Waals surface area contributed by atoms with Crippen LogP contribution in [0.25, 0.3) is 0 Å². The highest BCUT2D eigenvalue weighted by Crippen LogP contribution is 2.24. The standard InChI is InChI=1S/C11H20N2O3/c1-7(4-10(14)15)6-13-11(16)8-2-3-9(12)5-8/h7-9H,2-6,12H2,1H3,(H,13,16)(H,14,15). The van der Waals surface area contributed by atoms with Crippen molar-refractivity contribution in [2.45, 2.75) is 38.6 Å². The lowest BCUT2D eigenvalue weighted by molar-refractivity contribution is -0.138. The summed E-state index contributed by atoms with van der Waals surface area (Å²) in [6, 6.07) is 0.146. The fraction of sp³-hybridized carbons (Fsp3) is 0.818. The highest BCUT2D eigenvalue weighted by Gasteiger charge is 2.27. The Balaban J connectivity index is 2.22. The van der Waals surface area contributed by atoms with Gasteiger partial charge in [-0.25, -0.2) is 0 Å². The molecule has 1 aliphatic carbocycles. The molecule has 1 amide bonds. The molecule has 4 N–H and O–H groups in total. The van der Waals surface area contributed by atoms with Gasteiger partial charge in [0.25, 0.3) is 0 Å². The maximum absolute atomic E-state index is 11.7. The molecule has 0 spiro atoms. The van der Waals surface area contributed by atoms with E-state index >= 15 is 0 Å². The molecule has 0 bridgehead atoms. The first-order valence-corrected chi connectivity index (χ1v) is 5.74. The summed E-state index contributed by atoms with van der Waals surface area (Å²) in [7, 11) is 0. The van der Waals surface area contributed by atoms with Crippen molar-refractivity contribution in [3.05, 3.63) is 0 Å². The Hall–Kier alpha value is -1.10. The number of carbonyl (C=O) groups is 2. The summed E-state index contributed by atoms with van der Waals surface area (Å²) >= 11 is 0. The molecule has 5 heteroatoms. The molecular weight excluding hydrogens is 208 g/mol. The molecule has 0 aliphatic heterocycles. The van der Waals surface area contributed by atoms with Crippen LogP contribution in [0.1, 0.15) is 32.6 Å². The van der Waals surface area contributed by atoms with Crippen LogP contribution in [-0.4, -0.2) is 29.6 Å². The second-order valence-corrected chi connectivity index (χ2v) is 4.72. The molecule has 0 heterocycles. The van der Waals surface area contributed by atoms with Crippen molar-refractivity contribution in [3.8, 4) is 0 Å². The topological polar surface area (TPSA) is 92.4 Å². The Bertz CT molecular complexity index is 268. The summed E-state index contributed by atoms with van der Waals surface area (Å²) < 4.78 is 0. The van der Waals surface area contributed by atoms with Crippen molar-refractivity contribution in [2.24, 2.45) is 17.6 Å². The van der Waals surface area contributed by atoms with Gasteiger partial charge in [0.2, 0.25) is 5.91 Å². The van der Waals surface area contributed by atoms with Gasteiger partial charge in [0, 0.05) is 24.9 Å². The highest BCUT2D eigenvalue weighted by atomic mass is 16.4. The predicted octanol–water partition coefficient (Wildman–Crippen LogP) is 0.341. The molecule has 0 radical (unpaired) electrons. The van der Waals surface area contributed by atoms with Gasteiger partial charge in [-0.15, -0.1) is 0 Å². The van der Waals surface area contributed by atoms with Crippen molar-refractivity contribution in [3.63, 3.8) is 0 Å². The molecule has 92 valence electrons. The second-order valence-electron chi connectivity index (χ2n) is 4.72. The Labute approximate surface area is 95.4 Å². The van der Waals surface area contributed by atoms with Crippen LogP contribution in [-0.2, 0) is 9.59 Å². The van der Waals surface area contributed by atoms with Gasteiger partial charge < -0.3 is 16.2 Å². The van der Waals surface area contributed by atoms with E-state index in [1.54, 1.807) is 0 Å². The lowest BCUT2D eigenvalue weighted by Crippen LogP contribution is -2.34. The molecule has 0 aromatic rings. The molecule has 1 aliphatic rings. The summed E-state index contributed by atoms with van der Waals surface area (Å²) in [6.45, 7) is 2.24. The molecule has 0 aromatic heterocycles. The average molecular weight is 228 g/mol. The number of aliphatic carboxylic acids is 1. The van der Waals surface area contributed by atoms with Crippen molar-refractivity contribution in [1.29, 1.82) is 0 Å². The zero-order valence-corrected chi connectivity index (χ0v) is 9.61. The van der Waals surface area contributed by atoms with Gasteiger partial charge in [0.05, 0.1) is 0 Å². The van der Waals surface area contributed by atoms with E-state index in [-0.39, 0.29) is 30.2 Å². The Kier molecular flexibility index (Phi) is 4.73. The minimum atomic E-state index is -0.829. The molecule has 0 saturated heterocycles. The fourth-order valence-electron chi connectivity index (χ4n) is 2.04.